The van der Waals surface area contributed by atoms with Gasteiger partial charge in [-0.2, -0.15) is 0 Å². The molecule has 0 aromatic heterocycles. The zero-order chi connectivity index (χ0) is 14.2. The molecule has 102 valence electrons. The summed E-state index contributed by atoms with van der Waals surface area (Å²) < 4.78 is 26.9. The van der Waals surface area contributed by atoms with Gasteiger partial charge in [0.2, 0.25) is 5.91 Å². The van der Waals surface area contributed by atoms with Gasteiger partial charge in [-0.1, -0.05) is 0 Å². The topological polar surface area (TPSA) is 57.6 Å². The van der Waals surface area contributed by atoms with Crippen molar-refractivity contribution in [1.82, 2.24) is 4.90 Å². The van der Waals surface area contributed by atoms with Crippen LogP contribution in [0.2, 0.25) is 0 Å². The minimum Gasteiger partial charge on any atom is -0.479 e. The van der Waals surface area contributed by atoms with E-state index in [1.165, 1.54) is 6.92 Å². The molecule has 1 amide bonds. The molecular weight excluding hydrogens is 256 g/mol. The van der Waals surface area contributed by atoms with Crippen LogP contribution in [0.5, 0.6) is 0 Å². The largest absolute Gasteiger partial charge is 0.479 e. The SMILES string of the molecule is CC(=O)N(C1CC1)C(C(=O)O)c1cc(F)ccc1F. The third kappa shape index (κ3) is 2.72. The second-order valence-corrected chi connectivity index (χ2v) is 4.56. The highest BCUT2D eigenvalue weighted by Gasteiger charge is 2.41. The lowest BCUT2D eigenvalue weighted by atomic mass is 10.0. The zero-order valence-electron chi connectivity index (χ0n) is 10.3. The minimum atomic E-state index is -1.49. The molecule has 1 aromatic carbocycles. The molecule has 0 bridgehead atoms. The van der Waals surface area contributed by atoms with Gasteiger partial charge in [-0.05, 0) is 31.0 Å². The number of carboxylic acid groups (broad SMARTS) is 1. The summed E-state index contributed by atoms with van der Waals surface area (Å²) in [6.07, 6.45) is 1.36. The van der Waals surface area contributed by atoms with E-state index in [-0.39, 0.29) is 11.6 Å². The predicted molar refractivity (Wildman–Crippen MR) is 62.3 cm³/mol. The molecule has 0 saturated heterocycles. The van der Waals surface area contributed by atoms with Crippen LogP contribution in [0, 0.1) is 11.6 Å². The fourth-order valence-electron chi connectivity index (χ4n) is 2.13. The van der Waals surface area contributed by atoms with Crippen LogP contribution in [-0.2, 0) is 9.59 Å². The molecule has 1 aliphatic rings. The Labute approximate surface area is 108 Å². The fraction of sp³-hybridized carbons (Fsp3) is 0.385. The number of benzene rings is 1. The Hall–Kier alpha value is -1.98. The van der Waals surface area contributed by atoms with Crippen LogP contribution >= 0.6 is 0 Å². The second-order valence-electron chi connectivity index (χ2n) is 4.56. The third-order valence-electron chi connectivity index (χ3n) is 3.07. The lowest BCUT2D eigenvalue weighted by molar-refractivity contribution is -0.150. The summed E-state index contributed by atoms with van der Waals surface area (Å²) in [6, 6.07) is 0.910. The highest BCUT2D eigenvalue weighted by atomic mass is 19.1. The van der Waals surface area contributed by atoms with E-state index in [0.29, 0.717) is 12.8 Å². The Kier molecular flexibility index (Phi) is 3.50. The van der Waals surface area contributed by atoms with Crippen molar-refractivity contribution in [2.45, 2.75) is 31.8 Å². The number of hydrogen-bond donors (Lipinski definition) is 1. The number of carbonyl (C=O) groups is 2. The molecule has 0 spiro atoms. The molecule has 1 N–H and O–H groups in total. The van der Waals surface area contributed by atoms with E-state index in [0.717, 1.165) is 23.1 Å². The monoisotopic (exact) mass is 269 g/mol. The van der Waals surface area contributed by atoms with Crippen molar-refractivity contribution < 1.29 is 23.5 Å². The quantitative estimate of drug-likeness (QED) is 0.910. The first-order valence-corrected chi connectivity index (χ1v) is 5.88. The molecule has 0 aliphatic heterocycles. The van der Waals surface area contributed by atoms with Crippen LogP contribution in [0.3, 0.4) is 0 Å². The molecule has 2 rings (SSSR count). The summed E-state index contributed by atoms with van der Waals surface area (Å²) in [6.45, 7) is 1.23. The first-order chi connectivity index (χ1) is 8.91. The number of aliphatic carboxylic acids is 1. The molecule has 1 unspecified atom stereocenters. The molecule has 0 radical (unpaired) electrons. The van der Waals surface area contributed by atoms with Gasteiger partial charge in [0.15, 0.2) is 6.04 Å². The van der Waals surface area contributed by atoms with Crippen LogP contribution in [-0.4, -0.2) is 27.9 Å². The molecule has 1 atom stereocenters. The maximum atomic E-state index is 13.7. The maximum absolute atomic E-state index is 13.7. The van der Waals surface area contributed by atoms with Gasteiger partial charge in [0.25, 0.3) is 0 Å². The highest BCUT2D eigenvalue weighted by Crippen LogP contribution is 2.35. The van der Waals surface area contributed by atoms with E-state index in [9.17, 15) is 23.5 Å². The number of amides is 1. The van der Waals surface area contributed by atoms with Gasteiger partial charge in [0.1, 0.15) is 11.6 Å². The molecule has 1 aromatic rings. The second kappa shape index (κ2) is 4.95. The molecule has 1 saturated carbocycles. The smallest absolute Gasteiger partial charge is 0.331 e. The Morgan fingerprint density at radius 1 is 1.37 bits per heavy atom. The van der Waals surface area contributed by atoms with E-state index >= 15 is 0 Å². The van der Waals surface area contributed by atoms with E-state index in [2.05, 4.69) is 0 Å². The van der Waals surface area contributed by atoms with Gasteiger partial charge in [-0.3, -0.25) is 4.79 Å². The van der Waals surface area contributed by atoms with Crippen molar-refractivity contribution in [3.63, 3.8) is 0 Å². The van der Waals surface area contributed by atoms with Crippen molar-refractivity contribution in [3.05, 3.63) is 35.4 Å². The Balaban J connectivity index is 2.47. The summed E-state index contributed by atoms with van der Waals surface area (Å²) in [5.74, 6) is -3.40. The van der Waals surface area contributed by atoms with E-state index in [1.54, 1.807) is 0 Å². The van der Waals surface area contributed by atoms with Crippen molar-refractivity contribution in [3.8, 4) is 0 Å². The van der Waals surface area contributed by atoms with Crippen molar-refractivity contribution in [1.29, 1.82) is 0 Å². The maximum Gasteiger partial charge on any atom is 0.331 e. The lowest BCUT2D eigenvalue weighted by Gasteiger charge is -2.28. The van der Waals surface area contributed by atoms with Gasteiger partial charge in [0.05, 0.1) is 0 Å². The van der Waals surface area contributed by atoms with Crippen LogP contribution in [0.15, 0.2) is 18.2 Å². The van der Waals surface area contributed by atoms with E-state index in [4.69, 9.17) is 0 Å². The Bertz CT molecular complexity index is 529. The number of rotatable bonds is 4. The lowest BCUT2D eigenvalue weighted by Crippen LogP contribution is -2.39. The molecule has 0 heterocycles. The molecular formula is C13H13F2NO3. The van der Waals surface area contributed by atoms with Gasteiger partial charge in [-0.25, -0.2) is 13.6 Å². The number of halogens is 2. The third-order valence-corrected chi connectivity index (χ3v) is 3.07. The summed E-state index contributed by atoms with van der Waals surface area (Å²) in [7, 11) is 0. The minimum absolute atomic E-state index is 0.207. The van der Waals surface area contributed by atoms with Gasteiger partial charge >= 0.3 is 5.97 Å². The molecule has 1 fully saturated rings. The van der Waals surface area contributed by atoms with Crippen LogP contribution < -0.4 is 0 Å². The summed E-state index contributed by atoms with van der Waals surface area (Å²) in [5, 5.41) is 9.25. The number of hydrogen-bond acceptors (Lipinski definition) is 2. The Morgan fingerprint density at radius 2 is 2.00 bits per heavy atom. The fourth-order valence-corrected chi connectivity index (χ4v) is 2.13. The van der Waals surface area contributed by atoms with Gasteiger partial charge < -0.3 is 10.0 Å². The molecule has 4 nitrogen and oxygen atoms in total. The highest BCUT2D eigenvalue weighted by molar-refractivity contribution is 5.84. The van der Waals surface area contributed by atoms with Gasteiger partial charge in [-0.15, -0.1) is 0 Å². The van der Waals surface area contributed by atoms with Crippen molar-refractivity contribution in [2.24, 2.45) is 0 Å². The van der Waals surface area contributed by atoms with Crippen molar-refractivity contribution >= 4 is 11.9 Å². The Morgan fingerprint density at radius 3 is 2.47 bits per heavy atom. The van der Waals surface area contributed by atoms with Crippen LogP contribution in [0.1, 0.15) is 31.4 Å². The zero-order valence-corrected chi connectivity index (χ0v) is 10.3. The predicted octanol–water partition coefficient (Wildman–Crippen LogP) is 2.10. The first kappa shape index (κ1) is 13.5. The average molecular weight is 269 g/mol. The number of carbonyl (C=O) groups excluding carboxylic acids is 1. The number of nitrogens with zero attached hydrogens (tertiary/aromatic N) is 1. The van der Waals surface area contributed by atoms with Crippen LogP contribution in [0.25, 0.3) is 0 Å². The summed E-state index contributed by atoms with van der Waals surface area (Å²) in [5.41, 5.74) is -0.324. The standard InChI is InChI=1S/C13H13F2NO3/c1-7(17)16(9-3-4-9)12(13(18)19)10-6-8(14)2-5-11(10)15/h2,5-6,9,12H,3-4H2,1H3,(H,18,19). The van der Waals surface area contributed by atoms with Crippen LogP contribution in [0.4, 0.5) is 8.78 Å². The molecule has 6 heteroatoms. The molecule has 19 heavy (non-hydrogen) atoms. The summed E-state index contributed by atoms with van der Waals surface area (Å²) >= 11 is 0. The number of carboxylic acids is 1. The average Bonchev–Trinajstić information content (AvgIpc) is 3.12. The van der Waals surface area contributed by atoms with E-state index in [1.807, 2.05) is 0 Å². The first-order valence-electron chi connectivity index (χ1n) is 5.88. The summed E-state index contributed by atoms with van der Waals surface area (Å²) in [4.78, 5) is 24.1. The van der Waals surface area contributed by atoms with E-state index < -0.39 is 29.6 Å². The normalized spacial score (nSPS) is 15.9. The van der Waals surface area contributed by atoms with Gasteiger partial charge in [0, 0.05) is 18.5 Å². The van der Waals surface area contributed by atoms with Crippen molar-refractivity contribution in [2.75, 3.05) is 0 Å². The molecule has 1 aliphatic carbocycles.